The van der Waals surface area contributed by atoms with Gasteiger partial charge in [0.15, 0.2) is 0 Å². The van der Waals surface area contributed by atoms with E-state index in [1.807, 2.05) is 0 Å². The normalized spacial score (nSPS) is 11.5. The van der Waals surface area contributed by atoms with Gasteiger partial charge in [0.2, 0.25) is 0 Å². The largest absolute Gasteiger partial charge is 0.406 e. The van der Waals surface area contributed by atoms with Crippen LogP contribution in [-0.4, -0.2) is 34.6 Å². The molecule has 1 rings (SSSR count). The molecule has 0 atom stereocenters. The molecule has 5 nitrogen and oxygen atoms in total. The third-order valence-corrected chi connectivity index (χ3v) is 2.38. The molecule has 106 valence electrons. The summed E-state index contributed by atoms with van der Waals surface area (Å²) in [6, 6.07) is 2.21. The number of aromatic nitrogens is 1. The lowest BCUT2D eigenvalue weighted by atomic mass is 10.2. The Kier molecular flexibility index (Phi) is 4.71. The second-order valence-corrected chi connectivity index (χ2v) is 4.22. The van der Waals surface area contributed by atoms with Crippen molar-refractivity contribution in [1.29, 1.82) is 0 Å². The van der Waals surface area contributed by atoms with Crippen molar-refractivity contribution in [2.75, 3.05) is 12.0 Å². The maximum atomic E-state index is 12.4. The molecule has 3 N–H and O–H groups in total. The number of hydrogen-bond acceptors (Lipinski definition) is 4. The summed E-state index contributed by atoms with van der Waals surface area (Å²) in [4.78, 5) is 16.5. The zero-order valence-electron chi connectivity index (χ0n) is 10.5. The van der Waals surface area contributed by atoms with E-state index in [1.165, 1.54) is 32.2 Å². The fourth-order valence-corrected chi connectivity index (χ4v) is 1.47. The topological polar surface area (TPSA) is 71.2 Å². The lowest BCUT2D eigenvalue weighted by Crippen LogP contribution is -2.43. The number of nitrogens with two attached hydrogens (primary N) is 1. The Balaban J connectivity index is 2.99. The van der Waals surface area contributed by atoms with Gasteiger partial charge < -0.3 is 10.3 Å². The maximum Gasteiger partial charge on any atom is 0.406 e. The highest BCUT2D eigenvalue weighted by Crippen LogP contribution is 2.20. The minimum atomic E-state index is -4.45. The highest BCUT2D eigenvalue weighted by molar-refractivity contribution is 5.93. The van der Waals surface area contributed by atoms with Gasteiger partial charge in [0.25, 0.3) is 5.91 Å². The number of amides is 1. The second-order valence-electron chi connectivity index (χ2n) is 4.22. The number of hydrazine groups is 1. The zero-order chi connectivity index (χ0) is 14.6. The molecule has 1 heterocycles. The van der Waals surface area contributed by atoms with Gasteiger partial charge in [0.1, 0.15) is 12.2 Å². The number of anilines is 1. The number of nitrogens with zero attached hydrogens (tertiary/aromatic N) is 2. The van der Waals surface area contributed by atoms with E-state index in [-0.39, 0.29) is 5.69 Å². The maximum absolute atomic E-state index is 12.4. The Bertz CT molecular complexity index is 448. The molecule has 0 radical (unpaired) electrons. The number of nitrogens with one attached hydrogen (secondary N) is 1. The first-order valence-corrected chi connectivity index (χ1v) is 5.55. The van der Waals surface area contributed by atoms with Gasteiger partial charge in [-0.3, -0.25) is 15.6 Å². The molecule has 0 saturated heterocycles. The Morgan fingerprint density at radius 3 is 2.63 bits per heavy atom. The van der Waals surface area contributed by atoms with Crippen molar-refractivity contribution in [2.24, 2.45) is 5.84 Å². The van der Waals surface area contributed by atoms with Crippen molar-refractivity contribution in [1.82, 2.24) is 9.88 Å². The van der Waals surface area contributed by atoms with Crippen LogP contribution in [0.15, 0.2) is 18.3 Å². The minimum Gasteiger partial charge on any atom is -0.326 e. The third-order valence-electron chi connectivity index (χ3n) is 2.38. The van der Waals surface area contributed by atoms with Gasteiger partial charge in [0, 0.05) is 12.2 Å². The molecule has 0 unspecified atom stereocenters. The number of rotatable bonds is 4. The molecule has 19 heavy (non-hydrogen) atoms. The quantitative estimate of drug-likeness (QED) is 0.649. The molecule has 8 heteroatoms. The molecular weight excluding hydrogens is 261 g/mol. The second kappa shape index (κ2) is 5.87. The molecule has 0 aromatic carbocycles. The van der Waals surface area contributed by atoms with Gasteiger partial charge in [-0.25, -0.2) is 0 Å². The standard InChI is InChI=1S/C11H15F3N4O/c1-7(2)18(6-11(12,13)14)10(19)9-5-8(17-15)3-4-16-9/h3-5,7H,6,15H2,1-2H3,(H,16,17). The molecule has 0 bridgehead atoms. The monoisotopic (exact) mass is 276 g/mol. The summed E-state index contributed by atoms with van der Waals surface area (Å²) in [5, 5.41) is 0. The van der Waals surface area contributed by atoms with Crippen LogP contribution in [0.1, 0.15) is 24.3 Å². The Labute approximate surface area is 108 Å². The van der Waals surface area contributed by atoms with Crippen LogP contribution in [0.25, 0.3) is 0 Å². The summed E-state index contributed by atoms with van der Waals surface area (Å²) in [6.45, 7) is 1.70. The van der Waals surface area contributed by atoms with Crippen molar-refractivity contribution in [3.63, 3.8) is 0 Å². The van der Waals surface area contributed by atoms with Crippen molar-refractivity contribution < 1.29 is 18.0 Å². The smallest absolute Gasteiger partial charge is 0.326 e. The van der Waals surface area contributed by atoms with Gasteiger partial charge in [-0.2, -0.15) is 13.2 Å². The molecule has 0 aliphatic rings. The van der Waals surface area contributed by atoms with E-state index in [1.54, 1.807) is 0 Å². The van der Waals surface area contributed by atoms with Gasteiger partial charge in [-0.05, 0) is 26.0 Å². The summed E-state index contributed by atoms with van der Waals surface area (Å²) in [7, 11) is 0. The van der Waals surface area contributed by atoms with Gasteiger partial charge in [-0.1, -0.05) is 0 Å². The molecule has 1 aromatic heterocycles. The van der Waals surface area contributed by atoms with E-state index < -0.39 is 24.7 Å². The highest BCUT2D eigenvalue weighted by atomic mass is 19.4. The lowest BCUT2D eigenvalue weighted by molar-refractivity contribution is -0.143. The van der Waals surface area contributed by atoms with Crippen LogP contribution in [0.3, 0.4) is 0 Å². The first kappa shape index (κ1) is 15.2. The molecule has 0 fully saturated rings. The van der Waals surface area contributed by atoms with Crippen molar-refractivity contribution in [3.05, 3.63) is 24.0 Å². The van der Waals surface area contributed by atoms with Crippen LogP contribution in [0, 0.1) is 0 Å². The first-order valence-electron chi connectivity index (χ1n) is 5.55. The number of pyridine rings is 1. The fourth-order valence-electron chi connectivity index (χ4n) is 1.47. The number of carbonyl (C=O) groups is 1. The van der Waals surface area contributed by atoms with E-state index in [0.29, 0.717) is 10.6 Å². The molecule has 1 amide bonds. The van der Waals surface area contributed by atoms with Crippen LogP contribution in [0.2, 0.25) is 0 Å². The predicted octanol–water partition coefficient (Wildman–Crippen LogP) is 1.78. The zero-order valence-corrected chi connectivity index (χ0v) is 10.5. The Morgan fingerprint density at radius 2 is 2.16 bits per heavy atom. The van der Waals surface area contributed by atoms with Crippen LogP contribution in [-0.2, 0) is 0 Å². The first-order chi connectivity index (χ1) is 8.74. The Hall–Kier alpha value is -1.83. The average Bonchev–Trinajstić information content (AvgIpc) is 2.34. The van der Waals surface area contributed by atoms with Gasteiger partial charge >= 0.3 is 6.18 Å². The lowest BCUT2D eigenvalue weighted by Gasteiger charge is -2.27. The van der Waals surface area contributed by atoms with E-state index in [4.69, 9.17) is 5.84 Å². The summed E-state index contributed by atoms with van der Waals surface area (Å²) in [5.74, 6) is 4.39. The number of halogens is 3. The number of hydrogen-bond donors (Lipinski definition) is 2. The fraction of sp³-hybridized carbons (Fsp3) is 0.455. The van der Waals surface area contributed by atoms with E-state index >= 15 is 0 Å². The molecular formula is C11H15F3N4O. The predicted molar refractivity (Wildman–Crippen MR) is 64.3 cm³/mol. The molecule has 0 spiro atoms. The van der Waals surface area contributed by atoms with E-state index in [9.17, 15) is 18.0 Å². The summed E-state index contributed by atoms with van der Waals surface area (Å²) >= 11 is 0. The number of carbonyl (C=O) groups excluding carboxylic acids is 1. The molecule has 0 saturated carbocycles. The molecule has 0 aliphatic heterocycles. The van der Waals surface area contributed by atoms with Crippen LogP contribution in [0.5, 0.6) is 0 Å². The minimum absolute atomic E-state index is 0.0894. The van der Waals surface area contributed by atoms with E-state index in [2.05, 4.69) is 10.4 Å². The van der Waals surface area contributed by atoms with Gasteiger partial charge in [-0.15, -0.1) is 0 Å². The van der Waals surface area contributed by atoms with Crippen LogP contribution >= 0.6 is 0 Å². The average molecular weight is 276 g/mol. The number of nitrogen functional groups attached to an aromatic ring is 1. The number of alkyl halides is 3. The molecule has 0 aliphatic carbocycles. The van der Waals surface area contributed by atoms with Crippen molar-refractivity contribution in [2.45, 2.75) is 26.1 Å². The third kappa shape index (κ3) is 4.40. The van der Waals surface area contributed by atoms with E-state index in [0.717, 1.165) is 0 Å². The van der Waals surface area contributed by atoms with Crippen molar-refractivity contribution in [3.8, 4) is 0 Å². The van der Waals surface area contributed by atoms with Crippen LogP contribution < -0.4 is 11.3 Å². The highest BCUT2D eigenvalue weighted by Gasteiger charge is 2.34. The van der Waals surface area contributed by atoms with Crippen molar-refractivity contribution >= 4 is 11.6 Å². The Morgan fingerprint density at radius 1 is 1.53 bits per heavy atom. The SMILES string of the molecule is CC(C)N(CC(F)(F)F)C(=O)c1cc(NN)ccn1. The summed E-state index contributed by atoms with van der Waals surface area (Å²) in [6.07, 6.45) is -3.15. The van der Waals surface area contributed by atoms with Crippen LogP contribution in [0.4, 0.5) is 18.9 Å². The summed E-state index contributed by atoms with van der Waals surface area (Å²) < 4.78 is 37.3. The van der Waals surface area contributed by atoms with Gasteiger partial charge in [0.05, 0.1) is 5.69 Å². The summed E-state index contributed by atoms with van der Waals surface area (Å²) in [5.41, 5.74) is 2.61. The molecule has 1 aromatic rings.